The Morgan fingerprint density at radius 1 is 1.32 bits per heavy atom. The van der Waals surface area contributed by atoms with Crippen molar-refractivity contribution in [3.8, 4) is 0 Å². The number of hydrazone groups is 1. The molecule has 0 aliphatic carbocycles. The Morgan fingerprint density at radius 2 is 2.16 bits per heavy atom. The summed E-state index contributed by atoms with van der Waals surface area (Å²) in [6, 6.07) is 6.17. The van der Waals surface area contributed by atoms with E-state index >= 15 is 0 Å². The molecule has 25 heavy (non-hydrogen) atoms. The average molecular weight is 342 g/mol. The van der Waals surface area contributed by atoms with E-state index in [0.29, 0.717) is 12.1 Å². The number of halogens is 1. The lowest BCUT2D eigenvalue weighted by atomic mass is 10.1. The van der Waals surface area contributed by atoms with Crippen LogP contribution in [0.3, 0.4) is 0 Å². The Kier molecular flexibility index (Phi) is 4.73. The number of amides is 2. The quantitative estimate of drug-likeness (QED) is 0.898. The molecule has 2 aromatic rings. The third-order valence-corrected chi connectivity index (χ3v) is 3.58. The summed E-state index contributed by atoms with van der Waals surface area (Å²) in [5, 5.41) is 15.4. The number of nitrogens with one attached hydrogen (secondary N) is 1. The first kappa shape index (κ1) is 16.6. The summed E-state index contributed by atoms with van der Waals surface area (Å²) in [6.45, 7) is 0. The minimum atomic E-state index is -0.473. The summed E-state index contributed by atoms with van der Waals surface area (Å²) in [7, 11) is 1.49. The van der Waals surface area contributed by atoms with Gasteiger partial charge in [0.2, 0.25) is 11.9 Å². The van der Waals surface area contributed by atoms with E-state index in [1.54, 1.807) is 12.1 Å². The molecule has 0 fully saturated rings. The van der Waals surface area contributed by atoms with E-state index in [0.717, 1.165) is 10.6 Å². The highest BCUT2D eigenvalue weighted by Gasteiger charge is 2.22. The predicted molar refractivity (Wildman–Crippen MR) is 87.1 cm³/mol. The van der Waals surface area contributed by atoms with Crippen molar-refractivity contribution in [1.82, 2.24) is 20.2 Å². The Hall–Kier alpha value is -3.23. The minimum Gasteiger partial charge on any atom is -0.288 e. The van der Waals surface area contributed by atoms with E-state index in [2.05, 4.69) is 25.6 Å². The lowest BCUT2D eigenvalue weighted by Crippen LogP contribution is -2.34. The largest absolute Gasteiger partial charge is 0.288 e. The zero-order valence-electron chi connectivity index (χ0n) is 13.4. The first-order valence-electron chi connectivity index (χ1n) is 7.59. The summed E-state index contributed by atoms with van der Waals surface area (Å²) < 4.78 is 13.2. The van der Waals surface area contributed by atoms with Crippen LogP contribution >= 0.6 is 0 Å². The van der Waals surface area contributed by atoms with Gasteiger partial charge in [-0.1, -0.05) is 12.1 Å². The second-order valence-electron chi connectivity index (χ2n) is 5.50. The molecule has 1 aliphatic rings. The highest BCUT2D eigenvalue weighted by molar-refractivity contribution is 6.43. The van der Waals surface area contributed by atoms with Gasteiger partial charge < -0.3 is 0 Å². The predicted octanol–water partition coefficient (Wildman–Crippen LogP) is 1.15. The number of carbonyl (C=O) groups excluding carboxylic acids is 2. The van der Waals surface area contributed by atoms with Gasteiger partial charge in [0, 0.05) is 26.3 Å². The van der Waals surface area contributed by atoms with Gasteiger partial charge in [0.25, 0.3) is 5.91 Å². The molecule has 0 saturated heterocycles. The van der Waals surface area contributed by atoms with E-state index in [1.807, 2.05) is 0 Å². The summed E-state index contributed by atoms with van der Waals surface area (Å²) in [6.07, 6.45) is 2.34. The van der Waals surface area contributed by atoms with Gasteiger partial charge in [-0.25, -0.2) is 14.4 Å². The molecular formula is C16H15FN6O2. The maximum Gasteiger partial charge on any atom is 0.274 e. The van der Waals surface area contributed by atoms with Crippen molar-refractivity contribution in [1.29, 1.82) is 0 Å². The highest BCUT2D eigenvalue weighted by Crippen LogP contribution is 2.10. The van der Waals surface area contributed by atoms with Crippen molar-refractivity contribution in [3.63, 3.8) is 0 Å². The number of hydrogen-bond donors (Lipinski definition) is 1. The molecule has 1 aromatic carbocycles. The molecule has 2 amide bonds. The Labute approximate surface area is 142 Å². The maximum atomic E-state index is 13.2. The van der Waals surface area contributed by atoms with E-state index in [-0.39, 0.29) is 36.2 Å². The lowest BCUT2D eigenvalue weighted by molar-refractivity contribution is -0.130. The van der Waals surface area contributed by atoms with Gasteiger partial charge in [-0.05, 0) is 17.7 Å². The van der Waals surface area contributed by atoms with Crippen molar-refractivity contribution in [2.75, 3.05) is 12.4 Å². The highest BCUT2D eigenvalue weighted by atomic mass is 19.1. The van der Waals surface area contributed by atoms with Crippen LogP contribution in [0.15, 0.2) is 35.6 Å². The van der Waals surface area contributed by atoms with Crippen LogP contribution in [-0.2, 0) is 16.0 Å². The fourth-order valence-corrected chi connectivity index (χ4v) is 2.30. The molecule has 0 atom stereocenters. The SMILES string of the molecule is CN1N=C(C(=O)Nc2ncc(Cc3cccc(F)c3)nn2)CCC1=O. The van der Waals surface area contributed by atoms with Gasteiger partial charge in [0.15, 0.2) is 0 Å². The van der Waals surface area contributed by atoms with Crippen LogP contribution in [0.1, 0.15) is 24.1 Å². The standard InChI is InChI=1S/C16H15FN6O2/c1-23-14(24)6-5-13(22-23)15(25)19-16-18-9-12(20-21-16)8-10-3-2-4-11(17)7-10/h2-4,7,9H,5-6,8H2,1H3,(H,18,19,21,25). The van der Waals surface area contributed by atoms with Gasteiger partial charge in [-0.2, -0.15) is 5.10 Å². The van der Waals surface area contributed by atoms with Crippen molar-refractivity contribution < 1.29 is 14.0 Å². The molecule has 0 spiro atoms. The topological polar surface area (TPSA) is 100 Å². The zero-order valence-corrected chi connectivity index (χ0v) is 13.4. The molecule has 0 bridgehead atoms. The van der Waals surface area contributed by atoms with Gasteiger partial charge >= 0.3 is 0 Å². The zero-order chi connectivity index (χ0) is 17.8. The van der Waals surface area contributed by atoms with Crippen LogP contribution in [0, 0.1) is 5.82 Å². The van der Waals surface area contributed by atoms with Crippen LogP contribution in [-0.4, -0.2) is 44.8 Å². The summed E-state index contributed by atoms with van der Waals surface area (Å²) >= 11 is 0. The molecule has 0 saturated carbocycles. The maximum absolute atomic E-state index is 13.2. The number of nitrogens with zero attached hydrogens (tertiary/aromatic N) is 5. The molecule has 0 unspecified atom stereocenters. The Balaban J connectivity index is 1.63. The van der Waals surface area contributed by atoms with Crippen molar-refractivity contribution in [2.45, 2.75) is 19.3 Å². The van der Waals surface area contributed by atoms with E-state index in [1.165, 1.54) is 25.4 Å². The van der Waals surface area contributed by atoms with Crippen molar-refractivity contribution in [3.05, 3.63) is 47.5 Å². The van der Waals surface area contributed by atoms with Crippen molar-refractivity contribution in [2.24, 2.45) is 5.10 Å². The number of hydrogen-bond acceptors (Lipinski definition) is 6. The molecule has 3 rings (SSSR count). The van der Waals surface area contributed by atoms with Crippen LogP contribution in [0.25, 0.3) is 0 Å². The molecular weight excluding hydrogens is 327 g/mol. The molecule has 1 aromatic heterocycles. The summed E-state index contributed by atoms with van der Waals surface area (Å²) in [4.78, 5) is 27.5. The molecule has 1 N–H and O–H groups in total. The Morgan fingerprint density at radius 3 is 2.84 bits per heavy atom. The van der Waals surface area contributed by atoms with E-state index in [9.17, 15) is 14.0 Å². The van der Waals surface area contributed by atoms with E-state index in [4.69, 9.17) is 0 Å². The first-order chi connectivity index (χ1) is 12.0. The average Bonchev–Trinajstić information content (AvgIpc) is 2.59. The smallest absolute Gasteiger partial charge is 0.274 e. The number of anilines is 1. The number of aromatic nitrogens is 3. The van der Waals surface area contributed by atoms with Crippen LogP contribution < -0.4 is 5.32 Å². The van der Waals surface area contributed by atoms with Gasteiger partial charge in [0.05, 0.1) is 11.9 Å². The molecule has 8 nitrogen and oxygen atoms in total. The molecule has 9 heteroatoms. The van der Waals surface area contributed by atoms with Gasteiger partial charge in [0.1, 0.15) is 11.5 Å². The van der Waals surface area contributed by atoms with Crippen molar-refractivity contribution >= 4 is 23.5 Å². The lowest BCUT2D eigenvalue weighted by Gasteiger charge is -2.18. The number of rotatable bonds is 4. The van der Waals surface area contributed by atoms with Gasteiger partial charge in [-0.3, -0.25) is 14.9 Å². The molecule has 1 aliphatic heterocycles. The van der Waals surface area contributed by atoms with Gasteiger partial charge in [-0.15, -0.1) is 10.2 Å². The second kappa shape index (κ2) is 7.12. The third kappa shape index (κ3) is 4.19. The normalized spacial score (nSPS) is 14.2. The number of carbonyl (C=O) groups is 2. The summed E-state index contributed by atoms with van der Waals surface area (Å²) in [5.41, 5.74) is 1.52. The fraction of sp³-hybridized carbons (Fsp3) is 0.250. The fourth-order valence-electron chi connectivity index (χ4n) is 2.30. The van der Waals surface area contributed by atoms with Crippen LogP contribution in [0.5, 0.6) is 0 Å². The summed E-state index contributed by atoms with van der Waals surface area (Å²) in [5.74, 6) is -0.899. The third-order valence-electron chi connectivity index (χ3n) is 3.58. The van der Waals surface area contributed by atoms with E-state index < -0.39 is 5.91 Å². The molecule has 2 heterocycles. The molecule has 128 valence electrons. The minimum absolute atomic E-state index is 0.0373. The monoisotopic (exact) mass is 342 g/mol. The molecule has 0 radical (unpaired) electrons. The Bertz CT molecular complexity index is 837. The number of benzene rings is 1. The second-order valence-corrected chi connectivity index (χ2v) is 5.50. The first-order valence-corrected chi connectivity index (χ1v) is 7.59. The van der Waals surface area contributed by atoms with Crippen LogP contribution in [0.2, 0.25) is 0 Å². The van der Waals surface area contributed by atoms with Crippen LogP contribution in [0.4, 0.5) is 10.3 Å².